The van der Waals surface area contributed by atoms with Crippen molar-refractivity contribution in [3.05, 3.63) is 61.5 Å². The first-order valence-electron chi connectivity index (χ1n) is 6.38. The van der Waals surface area contributed by atoms with E-state index in [0.717, 1.165) is 20.3 Å². The molecule has 4 heteroatoms. The normalized spacial score (nSPS) is 10.7. The summed E-state index contributed by atoms with van der Waals surface area (Å²) in [5, 5.41) is 0. The molecule has 2 aromatic carbocycles. The van der Waals surface area contributed by atoms with Crippen molar-refractivity contribution < 1.29 is 4.74 Å². The molecule has 0 aliphatic carbocycles. The number of halogens is 2. The van der Waals surface area contributed by atoms with Crippen molar-refractivity contribution in [2.24, 2.45) is 5.73 Å². The van der Waals surface area contributed by atoms with Crippen LogP contribution in [0.25, 0.3) is 0 Å². The second kappa shape index (κ2) is 6.74. The van der Waals surface area contributed by atoms with Crippen LogP contribution in [0.4, 0.5) is 0 Å². The van der Waals surface area contributed by atoms with E-state index in [1.807, 2.05) is 12.1 Å². The average Bonchev–Trinajstić information content (AvgIpc) is 2.41. The van der Waals surface area contributed by atoms with Crippen molar-refractivity contribution in [2.75, 3.05) is 0 Å². The fourth-order valence-corrected chi connectivity index (χ4v) is 3.48. The van der Waals surface area contributed by atoms with Gasteiger partial charge in [-0.2, -0.15) is 0 Å². The first kappa shape index (κ1) is 15.5. The van der Waals surface area contributed by atoms with Crippen molar-refractivity contribution in [2.45, 2.75) is 27.0 Å². The molecule has 0 amide bonds. The lowest BCUT2D eigenvalue weighted by molar-refractivity contribution is 0.301. The van der Waals surface area contributed by atoms with Gasteiger partial charge in [-0.15, -0.1) is 0 Å². The Labute approximate surface area is 136 Å². The van der Waals surface area contributed by atoms with Crippen LogP contribution in [-0.4, -0.2) is 0 Å². The molecule has 0 unspecified atom stereocenters. The number of rotatable bonds is 4. The topological polar surface area (TPSA) is 35.2 Å². The largest absolute Gasteiger partial charge is 0.487 e. The van der Waals surface area contributed by atoms with Gasteiger partial charge in [0.15, 0.2) is 0 Å². The Morgan fingerprint density at radius 3 is 2.30 bits per heavy atom. The molecule has 0 aromatic heterocycles. The number of aryl methyl sites for hydroxylation is 2. The van der Waals surface area contributed by atoms with Crippen LogP contribution < -0.4 is 10.5 Å². The molecule has 0 aliphatic heterocycles. The molecule has 2 rings (SSSR count). The highest BCUT2D eigenvalue weighted by molar-refractivity contribution is 9.11. The van der Waals surface area contributed by atoms with Crippen LogP contribution in [0.3, 0.4) is 0 Å². The molecule has 0 atom stereocenters. The molecule has 106 valence electrons. The Hall–Kier alpha value is -0.840. The molecular weight excluding hydrogens is 382 g/mol. The number of nitrogens with two attached hydrogens (primary N) is 1. The van der Waals surface area contributed by atoms with Crippen molar-refractivity contribution in [1.29, 1.82) is 0 Å². The highest BCUT2D eigenvalue weighted by Crippen LogP contribution is 2.35. The van der Waals surface area contributed by atoms with E-state index < -0.39 is 0 Å². The van der Waals surface area contributed by atoms with Gasteiger partial charge in [-0.1, -0.05) is 23.8 Å². The van der Waals surface area contributed by atoms with Gasteiger partial charge in [0.05, 0.1) is 8.95 Å². The zero-order valence-corrected chi connectivity index (χ0v) is 14.7. The Morgan fingerprint density at radius 2 is 1.70 bits per heavy atom. The molecule has 0 fully saturated rings. The smallest absolute Gasteiger partial charge is 0.148 e. The Kier molecular flexibility index (Phi) is 5.24. The van der Waals surface area contributed by atoms with Crippen molar-refractivity contribution in [1.82, 2.24) is 0 Å². The van der Waals surface area contributed by atoms with Crippen LogP contribution in [0.5, 0.6) is 5.75 Å². The van der Waals surface area contributed by atoms with E-state index in [1.54, 1.807) is 0 Å². The third kappa shape index (κ3) is 3.62. The minimum absolute atomic E-state index is 0.508. The maximum Gasteiger partial charge on any atom is 0.148 e. The lowest BCUT2D eigenvalue weighted by Gasteiger charge is -2.13. The lowest BCUT2D eigenvalue weighted by atomic mass is 10.1. The molecule has 2 aromatic rings. The number of ether oxygens (including phenoxy) is 1. The summed E-state index contributed by atoms with van der Waals surface area (Å²) in [5.41, 5.74) is 10.4. The summed E-state index contributed by atoms with van der Waals surface area (Å²) < 4.78 is 7.78. The zero-order chi connectivity index (χ0) is 14.7. The third-order valence-electron chi connectivity index (χ3n) is 3.17. The van der Waals surface area contributed by atoms with E-state index in [9.17, 15) is 0 Å². The van der Waals surface area contributed by atoms with Crippen molar-refractivity contribution >= 4 is 31.9 Å². The molecule has 0 saturated heterocycles. The summed E-state index contributed by atoms with van der Waals surface area (Å²) in [6, 6.07) is 10.4. The molecule has 0 radical (unpaired) electrons. The summed E-state index contributed by atoms with van der Waals surface area (Å²) in [6.45, 7) is 5.24. The monoisotopic (exact) mass is 397 g/mol. The van der Waals surface area contributed by atoms with Crippen LogP contribution in [0, 0.1) is 13.8 Å². The summed E-state index contributed by atoms with van der Waals surface area (Å²) in [5.74, 6) is 0.808. The Balaban J connectivity index is 2.21. The minimum Gasteiger partial charge on any atom is -0.487 e. The fraction of sp³-hybridized carbons (Fsp3) is 0.250. The molecular formula is C16H17Br2NO. The van der Waals surface area contributed by atoms with Gasteiger partial charge in [0, 0.05) is 6.54 Å². The second-order valence-electron chi connectivity index (χ2n) is 4.81. The number of benzene rings is 2. The third-order valence-corrected chi connectivity index (χ3v) is 4.35. The van der Waals surface area contributed by atoms with Gasteiger partial charge in [0.1, 0.15) is 12.4 Å². The van der Waals surface area contributed by atoms with Gasteiger partial charge < -0.3 is 10.5 Å². The lowest BCUT2D eigenvalue weighted by Crippen LogP contribution is -2.01. The van der Waals surface area contributed by atoms with Crippen molar-refractivity contribution in [3.63, 3.8) is 0 Å². The van der Waals surface area contributed by atoms with Gasteiger partial charge >= 0.3 is 0 Å². The maximum atomic E-state index is 5.95. The zero-order valence-electron chi connectivity index (χ0n) is 11.5. The van der Waals surface area contributed by atoms with Crippen LogP contribution in [0.1, 0.15) is 22.3 Å². The molecule has 20 heavy (non-hydrogen) atoms. The standard InChI is InChI=1S/C16H17Br2NO/c1-10-3-4-11(2)13(5-10)9-20-16-14(17)6-12(8-19)7-15(16)18/h3-7H,8-9,19H2,1-2H3. The quantitative estimate of drug-likeness (QED) is 0.797. The van der Waals surface area contributed by atoms with E-state index in [4.69, 9.17) is 10.5 Å². The van der Waals surface area contributed by atoms with Gasteiger partial charge in [-0.25, -0.2) is 0 Å². The van der Waals surface area contributed by atoms with Gasteiger partial charge in [-0.05, 0) is 74.5 Å². The first-order valence-corrected chi connectivity index (χ1v) is 7.96. The average molecular weight is 399 g/mol. The molecule has 0 bridgehead atoms. The van der Waals surface area contributed by atoms with Gasteiger partial charge in [0.2, 0.25) is 0 Å². The van der Waals surface area contributed by atoms with Gasteiger partial charge in [0.25, 0.3) is 0 Å². The van der Waals surface area contributed by atoms with Crippen LogP contribution in [-0.2, 0) is 13.2 Å². The SMILES string of the molecule is Cc1ccc(C)c(COc2c(Br)cc(CN)cc2Br)c1. The summed E-state index contributed by atoms with van der Waals surface area (Å²) in [7, 11) is 0. The van der Waals surface area contributed by atoms with E-state index in [0.29, 0.717) is 13.2 Å². The van der Waals surface area contributed by atoms with E-state index in [1.165, 1.54) is 16.7 Å². The molecule has 2 nitrogen and oxygen atoms in total. The van der Waals surface area contributed by atoms with E-state index in [-0.39, 0.29) is 0 Å². The Bertz CT molecular complexity index is 603. The first-order chi connectivity index (χ1) is 9.51. The molecule has 0 spiro atoms. The van der Waals surface area contributed by atoms with Crippen LogP contribution in [0.2, 0.25) is 0 Å². The van der Waals surface area contributed by atoms with E-state index >= 15 is 0 Å². The molecule has 0 aliphatic rings. The molecule has 0 saturated carbocycles. The number of hydrogen-bond donors (Lipinski definition) is 1. The summed E-state index contributed by atoms with van der Waals surface area (Å²) in [4.78, 5) is 0. The Morgan fingerprint density at radius 1 is 1.05 bits per heavy atom. The fourth-order valence-electron chi connectivity index (χ4n) is 1.97. The van der Waals surface area contributed by atoms with Gasteiger partial charge in [-0.3, -0.25) is 0 Å². The maximum absolute atomic E-state index is 5.95. The minimum atomic E-state index is 0.508. The predicted octanol–water partition coefficient (Wildman–Crippen LogP) is 4.87. The second-order valence-corrected chi connectivity index (χ2v) is 6.52. The number of hydrogen-bond acceptors (Lipinski definition) is 2. The van der Waals surface area contributed by atoms with E-state index in [2.05, 4.69) is 63.9 Å². The summed E-state index contributed by atoms with van der Waals surface area (Å²) in [6.07, 6.45) is 0. The predicted molar refractivity (Wildman–Crippen MR) is 90.0 cm³/mol. The highest BCUT2D eigenvalue weighted by Gasteiger charge is 2.09. The highest BCUT2D eigenvalue weighted by atomic mass is 79.9. The van der Waals surface area contributed by atoms with Crippen molar-refractivity contribution in [3.8, 4) is 5.75 Å². The molecule has 0 heterocycles. The van der Waals surface area contributed by atoms with Crippen LogP contribution in [0.15, 0.2) is 39.3 Å². The van der Waals surface area contributed by atoms with Crippen LogP contribution >= 0.6 is 31.9 Å². The summed E-state index contributed by atoms with van der Waals surface area (Å²) >= 11 is 7.07. The molecule has 2 N–H and O–H groups in total.